The number of sulfone groups is 1. The molecular weight excluding hydrogens is 362 g/mol. The summed E-state index contributed by atoms with van der Waals surface area (Å²) in [5, 5.41) is 2.55. The highest BCUT2D eigenvalue weighted by Gasteiger charge is 2.28. The van der Waals surface area contributed by atoms with Crippen molar-refractivity contribution in [2.45, 2.75) is 12.5 Å². The van der Waals surface area contributed by atoms with E-state index in [4.69, 9.17) is 14.2 Å². The lowest BCUT2D eigenvalue weighted by atomic mass is 10.2. The first-order valence-corrected chi connectivity index (χ1v) is 9.98. The van der Waals surface area contributed by atoms with Crippen molar-refractivity contribution < 1.29 is 32.2 Å². The van der Waals surface area contributed by atoms with Crippen LogP contribution in [0.15, 0.2) is 24.3 Å². The van der Waals surface area contributed by atoms with Gasteiger partial charge in [0, 0.05) is 12.1 Å². The number of amides is 1. The molecule has 2 aliphatic heterocycles. The molecule has 1 N–H and O–H groups in total. The molecule has 9 heteroatoms. The van der Waals surface area contributed by atoms with Gasteiger partial charge < -0.3 is 19.5 Å². The summed E-state index contributed by atoms with van der Waals surface area (Å²) in [6.07, 6.45) is 3.13. The highest BCUT2D eigenvalue weighted by Crippen LogP contribution is 2.31. The van der Waals surface area contributed by atoms with Gasteiger partial charge in [-0.3, -0.25) is 4.79 Å². The van der Waals surface area contributed by atoms with Crippen LogP contribution >= 0.6 is 0 Å². The van der Waals surface area contributed by atoms with Gasteiger partial charge in [-0.2, -0.15) is 0 Å². The van der Waals surface area contributed by atoms with Gasteiger partial charge in [-0.25, -0.2) is 13.2 Å². The van der Waals surface area contributed by atoms with E-state index < -0.39 is 34.4 Å². The van der Waals surface area contributed by atoms with Crippen LogP contribution in [0, 0.1) is 0 Å². The van der Waals surface area contributed by atoms with E-state index in [9.17, 15) is 18.0 Å². The van der Waals surface area contributed by atoms with Gasteiger partial charge in [0.15, 0.2) is 27.9 Å². The Morgan fingerprint density at radius 2 is 2.00 bits per heavy atom. The Labute approximate surface area is 151 Å². The number of esters is 1. The summed E-state index contributed by atoms with van der Waals surface area (Å²) in [7, 11) is -3.07. The molecule has 0 bridgehead atoms. The van der Waals surface area contributed by atoms with Gasteiger partial charge in [0.25, 0.3) is 5.91 Å². The first kappa shape index (κ1) is 18.2. The first-order valence-electron chi connectivity index (χ1n) is 8.15. The van der Waals surface area contributed by atoms with Gasteiger partial charge >= 0.3 is 5.97 Å². The Kier molecular flexibility index (Phi) is 5.46. The van der Waals surface area contributed by atoms with E-state index in [0.29, 0.717) is 31.1 Å². The Morgan fingerprint density at radius 1 is 1.23 bits per heavy atom. The second-order valence-electron chi connectivity index (χ2n) is 6.01. The molecule has 1 fully saturated rings. The Morgan fingerprint density at radius 3 is 2.73 bits per heavy atom. The number of benzene rings is 1. The molecule has 0 saturated carbocycles. The number of rotatable bonds is 5. The minimum absolute atomic E-state index is 0.0655. The number of fused-ring (bicyclic) bond motifs is 1. The topological polar surface area (TPSA) is 108 Å². The van der Waals surface area contributed by atoms with Gasteiger partial charge in [0.05, 0.1) is 11.5 Å². The normalized spacial score (nSPS) is 20.7. The molecule has 3 rings (SSSR count). The Bertz CT molecular complexity index is 832. The lowest BCUT2D eigenvalue weighted by Gasteiger charge is -2.18. The fraction of sp³-hybridized carbons (Fsp3) is 0.412. The number of carbonyl (C=O) groups is 2. The maximum atomic E-state index is 11.7. The molecule has 140 valence electrons. The summed E-state index contributed by atoms with van der Waals surface area (Å²) < 4.78 is 38.4. The highest BCUT2D eigenvalue weighted by molar-refractivity contribution is 7.91. The lowest BCUT2D eigenvalue weighted by Crippen LogP contribution is -2.38. The van der Waals surface area contributed by atoms with Crippen LogP contribution in [-0.4, -0.2) is 57.7 Å². The molecule has 8 nitrogen and oxygen atoms in total. The van der Waals surface area contributed by atoms with Gasteiger partial charge in [0.1, 0.15) is 13.2 Å². The van der Waals surface area contributed by atoms with Crippen molar-refractivity contribution >= 4 is 27.8 Å². The fourth-order valence-electron chi connectivity index (χ4n) is 2.69. The molecule has 26 heavy (non-hydrogen) atoms. The van der Waals surface area contributed by atoms with Crippen molar-refractivity contribution in [3.8, 4) is 11.5 Å². The molecule has 1 amide bonds. The predicted molar refractivity (Wildman–Crippen MR) is 92.6 cm³/mol. The molecule has 0 radical (unpaired) electrons. The molecule has 0 aliphatic carbocycles. The summed E-state index contributed by atoms with van der Waals surface area (Å²) in [6, 6.07) is 4.85. The second kappa shape index (κ2) is 7.77. The van der Waals surface area contributed by atoms with Crippen molar-refractivity contribution in [2.24, 2.45) is 0 Å². The SMILES string of the molecule is O=C(COC(=O)/C=C/c1ccc2c(c1)OCCO2)N[C@H]1CCS(=O)(=O)C1. The van der Waals surface area contributed by atoms with Crippen LogP contribution in [0.3, 0.4) is 0 Å². The third-order valence-corrected chi connectivity index (χ3v) is 5.69. The number of hydrogen-bond donors (Lipinski definition) is 1. The molecular formula is C17H19NO7S. The lowest BCUT2D eigenvalue weighted by molar-refractivity contribution is -0.143. The third-order valence-electron chi connectivity index (χ3n) is 3.92. The van der Waals surface area contributed by atoms with E-state index in [1.54, 1.807) is 24.3 Å². The molecule has 2 heterocycles. The van der Waals surface area contributed by atoms with E-state index in [-0.39, 0.29) is 11.5 Å². The number of carbonyl (C=O) groups excluding carboxylic acids is 2. The molecule has 0 spiro atoms. The van der Waals surface area contributed by atoms with Crippen LogP contribution in [-0.2, 0) is 24.2 Å². The van der Waals surface area contributed by atoms with E-state index in [1.165, 1.54) is 6.08 Å². The van der Waals surface area contributed by atoms with Crippen molar-refractivity contribution in [1.29, 1.82) is 0 Å². The van der Waals surface area contributed by atoms with E-state index >= 15 is 0 Å². The minimum Gasteiger partial charge on any atom is -0.486 e. The zero-order valence-corrected chi connectivity index (χ0v) is 14.8. The summed E-state index contributed by atoms with van der Waals surface area (Å²) in [4.78, 5) is 23.4. The van der Waals surface area contributed by atoms with Crippen molar-refractivity contribution in [3.63, 3.8) is 0 Å². The van der Waals surface area contributed by atoms with E-state index in [1.807, 2.05) is 0 Å². The van der Waals surface area contributed by atoms with Crippen molar-refractivity contribution in [3.05, 3.63) is 29.8 Å². The zero-order valence-electron chi connectivity index (χ0n) is 14.0. The Hall–Kier alpha value is -2.55. The van der Waals surface area contributed by atoms with E-state index in [2.05, 4.69) is 5.32 Å². The van der Waals surface area contributed by atoms with Gasteiger partial charge in [0.2, 0.25) is 0 Å². The molecule has 0 unspecified atom stereocenters. The number of hydrogen-bond acceptors (Lipinski definition) is 7. The molecule has 2 aliphatic rings. The third kappa shape index (κ3) is 4.98. The van der Waals surface area contributed by atoms with Crippen LogP contribution in [0.25, 0.3) is 6.08 Å². The summed E-state index contributed by atoms with van der Waals surface area (Å²) in [6.45, 7) is 0.518. The maximum Gasteiger partial charge on any atom is 0.331 e. The van der Waals surface area contributed by atoms with Gasteiger partial charge in [-0.15, -0.1) is 0 Å². The number of ether oxygens (including phenoxy) is 3. The van der Waals surface area contributed by atoms with Crippen LogP contribution in [0.4, 0.5) is 0 Å². The molecule has 1 aromatic rings. The smallest absolute Gasteiger partial charge is 0.331 e. The second-order valence-corrected chi connectivity index (χ2v) is 8.24. The summed E-state index contributed by atoms with van der Waals surface area (Å²) in [5.41, 5.74) is 0.729. The van der Waals surface area contributed by atoms with Crippen molar-refractivity contribution in [2.75, 3.05) is 31.3 Å². The summed E-state index contributed by atoms with van der Waals surface area (Å²) in [5.74, 6) is 0.0636. The summed E-state index contributed by atoms with van der Waals surface area (Å²) >= 11 is 0. The average Bonchev–Trinajstić information content (AvgIpc) is 2.96. The quantitative estimate of drug-likeness (QED) is 0.578. The van der Waals surface area contributed by atoms with Crippen LogP contribution in [0.2, 0.25) is 0 Å². The molecule has 1 saturated heterocycles. The largest absolute Gasteiger partial charge is 0.486 e. The Balaban J connectivity index is 1.45. The van der Waals surface area contributed by atoms with Gasteiger partial charge in [-0.1, -0.05) is 6.07 Å². The standard InChI is InChI=1S/C17H19NO7S/c19-16(18-13-5-8-26(21,22)11-13)10-25-17(20)4-2-12-1-3-14-15(9-12)24-7-6-23-14/h1-4,9,13H,5-8,10-11H2,(H,18,19)/b4-2+/t13-/m0/s1. The highest BCUT2D eigenvalue weighted by atomic mass is 32.2. The number of nitrogens with one attached hydrogen (secondary N) is 1. The molecule has 1 aromatic carbocycles. The van der Waals surface area contributed by atoms with Crippen molar-refractivity contribution in [1.82, 2.24) is 5.32 Å². The predicted octanol–water partition coefficient (Wildman–Crippen LogP) is 0.317. The molecule has 0 aromatic heterocycles. The zero-order chi connectivity index (χ0) is 18.6. The van der Waals surface area contributed by atoms with Crippen LogP contribution < -0.4 is 14.8 Å². The van der Waals surface area contributed by atoms with Crippen LogP contribution in [0.5, 0.6) is 11.5 Å². The minimum atomic E-state index is -3.07. The first-order chi connectivity index (χ1) is 12.4. The monoisotopic (exact) mass is 381 g/mol. The fourth-order valence-corrected chi connectivity index (χ4v) is 4.36. The van der Waals surface area contributed by atoms with E-state index in [0.717, 1.165) is 5.56 Å². The molecule has 1 atom stereocenters. The van der Waals surface area contributed by atoms with Gasteiger partial charge in [-0.05, 0) is 30.2 Å². The van der Waals surface area contributed by atoms with Crippen LogP contribution in [0.1, 0.15) is 12.0 Å². The average molecular weight is 381 g/mol. The maximum absolute atomic E-state index is 11.7.